The Morgan fingerprint density at radius 2 is 2.19 bits per heavy atom. The summed E-state index contributed by atoms with van der Waals surface area (Å²) >= 11 is 0. The van der Waals surface area contributed by atoms with E-state index in [0.29, 0.717) is 18.1 Å². The van der Waals surface area contributed by atoms with E-state index in [1.165, 1.54) is 6.33 Å². The Hall–Kier alpha value is -2.30. The molecule has 0 bridgehead atoms. The molecule has 16 heavy (non-hydrogen) atoms. The van der Waals surface area contributed by atoms with Gasteiger partial charge in [0, 0.05) is 24.0 Å². The quantitative estimate of drug-likeness (QED) is 0.533. The topological polar surface area (TPSA) is 84.1 Å². The molecule has 0 aliphatic carbocycles. The second kappa shape index (κ2) is 4.48. The van der Waals surface area contributed by atoms with Gasteiger partial charge in [0.2, 0.25) is 0 Å². The molecule has 1 aromatic carbocycles. The first kappa shape index (κ1) is 10.2. The van der Waals surface area contributed by atoms with Crippen molar-refractivity contribution < 1.29 is 5.11 Å². The van der Waals surface area contributed by atoms with Crippen molar-refractivity contribution in [3.63, 3.8) is 0 Å². The summed E-state index contributed by atoms with van der Waals surface area (Å²) in [7, 11) is 0. The lowest BCUT2D eigenvalue weighted by molar-refractivity contribution is 0.469. The van der Waals surface area contributed by atoms with Gasteiger partial charge in [0.05, 0.1) is 0 Å². The lowest BCUT2D eigenvalue weighted by Gasteiger charge is -2.07. The summed E-state index contributed by atoms with van der Waals surface area (Å²) in [5.74, 6) is 0.924. The molecule has 4 N–H and O–H groups in total. The monoisotopic (exact) mass is 216 g/mol. The van der Waals surface area contributed by atoms with Gasteiger partial charge in [0.1, 0.15) is 17.9 Å². The van der Waals surface area contributed by atoms with Gasteiger partial charge in [-0.25, -0.2) is 9.97 Å². The molecule has 0 radical (unpaired) electrons. The van der Waals surface area contributed by atoms with Gasteiger partial charge in [-0.1, -0.05) is 0 Å². The summed E-state index contributed by atoms with van der Waals surface area (Å²) in [6.07, 6.45) is 3.11. The first-order valence-electron chi connectivity index (χ1n) is 4.83. The van der Waals surface area contributed by atoms with E-state index in [4.69, 9.17) is 5.73 Å². The van der Waals surface area contributed by atoms with Gasteiger partial charge in [-0.3, -0.25) is 0 Å². The number of aromatic nitrogens is 2. The standard InChI is InChI=1S/C11H12N4O/c12-9-1-2-10(16)8(5-9)6-14-11-3-4-13-7-15-11/h1-5,7,16H,6,12H2,(H,13,14,15). The largest absolute Gasteiger partial charge is 0.508 e. The van der Waals surface area contributed by atoms with Gasteiger partial charge in [-0.05, 0) is 24.3 Å². The molecule has 0 atom stereocenters. The van der Waals surface area contributed by atoms with Gasteiger partial charge in [-0.15, -0.1) is 0 Å². The smallest absolute Gasteiger partial charge is 0.129 e. The number of nitrogens with one attached hydrogen (secondary N) is 1. The van der Waals surface area contributed by atoms with Crippen molar-refractivity contribution >= 4 is 11.5 Å². The van der Waals surface area contributed by atoms with Crippen molar-refractivity contribution in [2.75, 3.05) is 11.1 Å². The summed E-state index contributed by atoms with van der Waals surface area (Å²) in [6, 6.07) is 6.71. The number of nitrogens with two attached hydrogens (primary N) is 1. The fourth-order valence-electron chi connectivity index (χ4n) is 1.33. The molecule has 0 amide bonds. The Morgan fingerprint density at radius 1 is 1.31 bits per heavy atom. The van der Waals surface area contributed by atoms with Crippen molar-refractivity contribution in [3.8, 4) is 5.75 Å². The molecule has 0 aliphatic heterocycles. The molecule has 0 saturated heterocycles. The minimum Gasteiger partial charge on any atom is -0.508 e. The van der Waals surface area contributed by atoms with E-state index in [1.807, 2.05) is 0 Å². The van der Waals surface area contributed by atoms with E-state index in [9.17, 15) is 5.11 Å². The van der Waals surface area contributed by atoms with Crippen LogP contribution in [0.2, 0.25) is 0 Å². The third kappa shape index (κ3) is 2.38. The highest BCUT2D eigenvalue weighted by molar-refractivity contribution is 5.48. The number of phenols is 1. The minimum atomic E-state index is 0.218. The molecule has 1 aromatic heterocycles. The van der Waals surface area contributed by atoms with Crippen LogP contribution < -0.4 is 11.1 Å². The highest BCUT2D eigenvalue weighted by atomic mass is 16.3. The highest BCUT2D eigenvalue weighted by Crippen LogP contribution is 2.20. The average molecular weight is 216 g/mol. The molecule has 0 saturated carbocycles. The normalized spacial score (nSPS) is 10.0. The number of phenolic OH excluding ortho intramolecular Hbond substituents is 1. The summed E-state index contributed by atoms with van der Waals surface area (Å²) < 4.78 is 0. The van der Waals surface area contributed by atoms with Crippen LogP contribution in [0.15, 0.2) is 36.8 Å². The van der Waals surface area contributed by atoms with Crippen LogP contribution >= 0.6 is 0 Å². The van der Waals surface area contributed by atoms with Gasteiger partial charge < -0.3 is 16.2 Å². The lowest BCUT2D eigenvalue weighted by Crippen LogP contribution is -2.02. The van der Waals surface area contributed by atoms with Crippen molar-refractivity contribution in [3.05, 3.63) is 42.4 Å². The number of rotatable bonds is 3. The van der Waals surface area contributed by atoms with Gasteiger partial charge in [-0.2, -0.15) is 0 Å². The zero-order valence-electron chi connectivity index (χ0n) is 8.59. The fourth-order valence-corrected chi connectivity index (χ4v) is 1.33. The number of anilines is 2. The lowest BCUT2D eigenvalue weighted by atomic mass is 10.2. The molecule has 2 aromatic rings. The van der Waals surface area contributed by atoms with Crippen LogP contribution in [0, 0.1) is 0 Å². The molecule has 0 unspecified atom stereocenters. The molecule has 0 aliphatic rings. The van der Waals surface area contributed by atoms with Gasteiger partial charge in [0.25, 0.3) is 0 Å². The number of benzene rings is 1. The number of hydrogen-bond donors (Lipinski definition) is 3. The van der Waals surface area contributed by atoms with Crippen LogP contribution in [-0.4, -0.2) is 15.1 Å². The molecular formula is C11H12N4O. The zero-order chi connectivity index (χ0) is 11.4. The second-order valence-electron chi connectivity index (χ2n) is 3.34. The van der Waals surface area contributed by atoms with E-state index in [0.717, 1.165) is 5.56 Å². The Bertz CT molecular complexity index is 473. The Kier molecular flexibility index (Phi) is 2.86. The van der Waals surface area contributed by atoms with Crippen LogP contribution in [0.4, 0.5) is 11.5 Å². The van der Waals surface area contributed by atoms with Gasteiger partial charge >= 0.3 is 0 Å². The third-order valence-corrected chi connectivity index (χ3v) is 2.15. The number of aromatic hydroxyl groups is 1. The van der Waals surface area contributed by atoms with Crippen LogP contribution in [0.1, 0.15) is 5.56 Å². The van der Waals surface area contributed by atoms with E-state index < -0.39 is 0 Å². The maximum absolute atomic E-state index is 9.58. The number of nitrogen functional groups attached to an aromatic ring is 1. The van der Waals surface area contributed by atoms with Crippen molar-refractivity contribution in [2.24, 2.45) is 0 Å². The first-order chi connectivity index (χ1) is 7.75. The summed E-state index contributed by atoms with van der Waals surface area (Å²) in [6.45, 7) is 0.466. The van der Waals surface area contributed by atoms with Crippen LogP contribution in [0.25, 0.3) is 0 Å². The van der Waals surface area contributed by atoms with Crippen molar-refractivity contribution in [1.29, 1.82) is 0 Å². The zero-order valence-corrected chi connectivity index (χ0v) is 8.59. The van der Waals surface area contributed by atoms with E-state index >= 15 is 0 Å². The molecule has 0 spiro atoms. The predicted molar refractivity (Wildman–Crippen MR) is 61.9 cm³/mol. The average Bonchev–Trinajstić information content (AvgIpc) is 2.32. The van der Waals surface area contributed by atoms with Crippen LogP contribution in [-0.2, 0) is 6.54 Å². The molecule has 5 heteroatoms. The molecule has 82 valence electrons. The summed E-state index contributed by atoms with van der Waals surface area (Å²) in [5, 5.41) is 12.6. The van der Waals surface area contributed by atoms with Gasteiger partial charge in [0.15, 0.2) is 0 Å². The van der Waals surface area contributed by atoms with Crippen LogP contribution in [0.3, 0.4) is 0 Å². The highest BCUT2D eigenvalue weighted by Gasteiger charge is 2.01. The number of nitrogens with zero attached hydrogens (tertiary/aromatic N) is 2. The Labute approximate surface area is 93.0 Å². The minimum absolute atomic E-state index is 0.218. The molecule has 1 heterocycles. The SMILES string of the molecule is Nc1ccc(O)c(CNc2ccncn2)c1. The molecule has 5 nitrogen and oxygen atoms in total. The number of hydrogen-bond acceptors (Lipinski definition) is 5. The Balaban J connectivity index is 2.08. The van der Waals surface area contributed by atoms with E-state index in [2.05, 4.69) is 15.3 Å². The molecule has 0 fully saturated rings. The second-order valence-corrected chi connectivity index (χ2v) is 3.34. The fraction of sp³-hybridized carbons (Fsp3) is 0.0909. The van der Waals surface area contributed by atoms with Crippen molar-refractivity contribution in [1.82, 2.24) is 9.97 Å². The Morgan fingerprint density at radius 3 is 2.94 bits per heavy atom. The summed E-state index contributed by atoms with van der Waals surface area (Å²) in [4.78, 5) is 7.82. The van der Waals surface area contributed by atoms with Crippen molar-refractivity contribution in [2.45, 2.75) is 6.54 Å². The first-order valence-corrected chi connectivity index (χ1v) is 4.83. The van der Waals surface area contributed by atoms with Crippen LogP contribution in [0.5, 0.6) is 5.75 Å². The maximum atomic E-state index is 9.58. The van der Waals surface area contributed by atoms with E-state index in [-0.39, 0.29) is 5.75 Å². The van der Waals surface area contributed by atoms with E-state index in [1.54, 1.807) is 30.5 Å². The molecule has 2 rings (SSSR count). The maximum Gasteiger partial charge on any atom is 0.129 e. The molecular weight excluding hydrogens is 204 g/mol. The summed E-state index contributed by atoms with van der Waals surface area (Å²) in [5.41, 5.74) is 6.99. The predicted octanol–water partition coefficient (Wildman–Crippen LogP) is 1.38. The third-order valence-electron chi connectivity index (χ3n) is 2.15.